The van der Waals surface area contributed by atoms with Gasteiger partial charge in [-0.2, -0.15) is 0 Å². The molecule has 0 unspecified atom stereocenters. The average molecular weight is 770 g/mol. The summed E-state index contributed by atoms with van der Waals surface area (Å²) in [5, 5.41) is 31.1. The van der Waals surface area contributed by atoms with Gasteiger partial charge in [0, 0.05) is 39.4 Å². The Hall–Kier alpha value is -4.69. The van der Waals surface area contributed by atoms with Crippen molar-refractivity contribution < 1.29 is 43.7 Å². The number of carbonyl (C=O) groups is 5. The third-order valence-electron chi connectivity index (χ3n) is 8.73. The number of ether oxygens (including phenoxy) is 2. The highest BCUT2D eigenvalue weighted by Gasteiger charge is 2.35. The lowest BCUT2D eigenvalue weighted by molar-refractivity contribution is -0.141. The molecule has 0 bridgehead atoms. The molecule has 5 amide bonds. The zero-order valence-corrected chi connectivity index (χ0v) is 33.6. The van der Waals surface area contributed by atoms with E-state index in [9.17, 15) is 29.1 Å². The molecule has 0 radical (unpaired) electrons. The van der Waals surface area contributed by atoms with Gasteiger partial charge in [-0.25, -0.2) is 4.79 Å². The van der Waals surface area contributed by atoms with Crippen LogP contribution in [0.15, 0.2) is 54.6 Å². The van der Waals surface area contributed by atoms with E-state index in [0.29, 0.717) is 44.4 Å². The van der Waals surface area contributed by atoms with E-state index >= 15 is 0 Å². The van der Waals surface area contributed by atoms with Crippen molar-refractivity contribution in [1.82, 2.24) is 26.2 Å². The quantitative estimate of drug-likeness (QED) is 0.0920. The van der Waals surface area contributed by atoms with Crippen LogP contribution in [0.1, 0.15) is 84.3 Å². The second kappa shape index (κ2) is 24.0. The third-order valence-corrected chi connectivity index (χ3v) is 8.73. The van der Waals surface area contributed by atoms with E-state index in [1.807, 2.05) is 44.2 Å². The number of amides is 5. The number of aliphatic hydroxyl groups excluding tert-OH is 2. The molecule has 0 aliphatic carbocycles. The molecule has 14 heteroatoms. The highest BCUT2D eigenvalue weighted by molar-refractivity contribution is 5.92. The van der Waals surface area contributed by atoms with Crippen LogP contribution >= 0.6 is 0 Å². The molecule has 4 atom stereocenters. The fourth-order valence-corrected chi connectivity index (χ4v) is 5.89. The number of unbranched alkanes of at least 4 members (excludes halogenated alkanes) is 2. The normalized spacial score (nSPS) is 13.5. The predicted octanol–water partition coefficient (Wildman–Crippen LogP) is 3.27. The van der Waals surface area contributed by atoms with Crippen molar-refractivity contribution >= 4 is 29.7 Å². The summed E-state index contributed by atoms with van der Waals surface area (Å²) in [4.78, 5) is 67.3. The summed E-state index contributed by atoms with van der Waals surface area (Å²) >= 11 is 0. The summed E-state index contributed by atoms with van der Waals surface area (Å²) in [6.45, 7) is 9.52. The second-order valence-corrected chi connectivity index (χ2v) is 15.2. The lowest BCUT2D eigenvalue weighted by Gasteiger charge is -2.33. The van der Waals surface area contributed by atoms with Crippen molar-refractivity contribution in [3.8, 4) is 5.75 Å². The van der Waals surface area contributed by atoms with Crippen LogP contribution in [0.5, 0.6) is 5.75 Å². The van der Waals surface area contributed by atoms with E-state index in [1.165, 1.54) is 11.9 Å². The van der Waals surface area contributed by atoms with Crippen molar-refractivity contribution in [2.75, 3.05) is 33.9 Å². The monoisotopic (exact) mass is 769 g/mol. The predicted molar refractivity (Wildman–Crippen MR) is 210 cm³/mol. The second-order valence-electron chi connectivity index (χ2n) is 15.2. The number of benzene rings is 2. The number of nitrogens with zero attached hydrogens (tertiary/aromatic N) is 1. The first-order valence-electron chi connectivity index (χ1n) is 19.1. The maximum atomic E-state index is 14.3. The molecule has 306 valence electrons. The standard InChI is InChI=1S/C41H63N5O9/c1-28(2)24-32(35(48)27-37(50)42-21-13-9-12-16-36(49)43-22-23-47)44-38(51)34(26-29-14-10-8-11-15-29)46(6)39(52)33(45-40(53)55-41(3,4)5)25-30-17-19-31(54-7)20-18-30/h8,10-11,14-15,17-20,28,32-35,47-48H,9,12-13,16,21-27H2,1-7H3,(H,42,50)(H,43,49)(H,44,51)(H,45,53)/t32-,33-,34-,35-/m0/s1. The van der Waals surface area contributed by atoms with Gasteiger partial charge in [0.2, 0.25) is 23.6 Å². The van der Waals surface area contributed by atoms with Crippen molar-refractivity contribution in [3.63, 3.8) is 0 Å². The number of hydrogen-bond donors (Lipinski definition) is 6. The highest BCUT2D eigenvalue weighted by atomic mass is 16.6. The van der Waals surface area contributed by atoms with Crippen molar-refractivity contribution in [1.29, 1.82) is 0 Å². The van der Waals surface area contributed by atoms with E-state index in [2.05, 4.69) is 21.3 Å². The molecule has 0 spiro atoms. The average Bonchev–Trinajstić information content (AvgIpc) is 3.12. The van der Waals surface area contributed by atoms with Crippen molar-refractivity contribution in [3.05, 3.63) is 65.7 Å². The number of hydrogen-bond acceptors (Lipinski definition) is 9. The summed E-state index contributed by atoms with van der Waals surface area (Å²) in [6, 6.07) is 13.4. The zero-order chi connectivity index (χ0) is 41.0. The van der Waals surface area contributed by atoms with E-state index in [4.69, 9.17) is 14.6 Å². The smallest absolute Gasteiger partial charge is 0.408 e. The Balaban J connectivity index is 2.23. The van der Waals surface area contributed by atoms with Crippen LogP contribution in [-0.4, -0.2) is 109 Å². The number of alkyl carbamates (subject to hydrolysis) is 1. The molecular formula is C41H63N5O9. The van der Waals surface area contributed by atoms with E-state index in [-0.39, 0.29) is 50.1 Å². The molecule has 0 aliphatic heterocycles. The maximum absolute atomic E-state index is 14.3. The largest absolute Gasteiger partial charge is 0.497 e. The van der Waals surface area contributed by atoms with E-state index < -0.39 is 47.7 Å². The molecule has 0 aliphatic rings. The van der Waals surface area contributed by atoms with Crippen LogP contribution in [0.3, 0.4) is 0 Å². The van der Waals surface area contributed by atoms with Crippen LogP contribution < -0.4 is 26.0 Å². The Morgan fingerprint density at radius 3 is 2.05 bits per heavy atom. The summed E-state index contributed by atoms with van der Waals surface area (Å²) in [6.07, 6.45) is 0.708. The molecule has 0 fully saturated rings. The number of likely N-dealkylation sites (N-methyl/N-ethyl adjacent to an activating group) is 1. The zero-order valence-electron chi connectivity index (χ0n) is 33.6. The van der Waals surface area contributed by atoms with Crippen LogP contribution in [0.4, 0.5) is 4.79 Å². The molecule has 0 saturated carbocycles. The minimum absolute atomic E-state index is 0.0523. The summed E-state index contributed by atoms with van der Waals surface area (Å²) in [7, 11) is 3.06. The summed E-state index contributed by atoms with van der Waals surface area (Å²) in [5.74, 6) is -0.868. The van der Waals surface area contributed by atoms with Gasteiger partial charge in [-0.3, -0.25) is 19.2 Å². The molecule has 0 saturated heterocycles. The van der Waals surface area contributed by atoms with Gasteiger partial charge in [0.05, 0.1) is 32.3 Å². The maximum Gasteiger partial charge on any atom is 0.408 e. The van der Waals surface area contributed by atoms with Gasteiger partial charge in [0.25, 0.3) is 0 Å². The van der Waals surface area contributed by atoms with Crippen LogP contribution in [-0.2, 0) is 36.8 Å². The van der Waals surface area contributed by atoms with Crippen molar-refractivity contribution in [2.24, 2.45) is 5.92 Å². The Kier molecular flexibility index (Phi) is 20.2. The Morgan fingerprint density at radius 1 is 0.818 bits per heavy atom. The van der Waals surface area contributed by atoms with Crippen LogP contribution in [0, 0.1) is 5.92 Å². The summed E-state index contributed by atoms with van der Waals surface area (Å²) in [5.41, 5.74) is 0.719. The molecule has 0 aromatic heterocycles. The number of methoxy groups -OCH3 is 1. The lowest BCUT2D eigenvalue weighted by atomic mass is 9.95. The number of nitrogens with one attached hydrogen (secondary N) is 4. The minimum Gasteiger partial charge on any atom is -0.497 e. The van der Waals surface area contributed by atoms with Gasteiger partial charge in [0.15, 0.2) is 0 Å². The molecule has 2 aromatic rings. The lowest BCUT2D eigenvalue weighted by Crippen LogP contribution is -2.58. The molecule has 2 rings (SSSR count). The van der Waals surface area contributed by atoms with Crippen molar-refractivity contribution in [2.45, 2.75) is 116 Å². The number of carbonyl (C=O) groups excluding carboxylic acids is 5. The SMILES string of the molecule is COc1ccc(C[C@H](NC(=O)OC(C)(C)C)C(=O)N(C)[C@@H](Cc2ccccc2)C(=O)N[C@@H](CC(C)C)[C@@H](O)CC(=O)NCCCCCC(=O)NCCO)cc1. The molecule has 6 N–H and O–H groups in total. The fourth-order valence-electron chi connectivity index (χ4n) is 5.89. The number of rotatable bonds is 23. The fraction of sp³-hybridized carbons (Fsp3) is 0.585. The first-order valence-corrected chi connectivity index (χ1v) is 19.1. The molecule has 14 nitrogen and oxygen atoms in total. The van der Waals surface area contributed by atoms with Gasteiger partial charge in [-0.15, -0.1) is 0 Å². The summed E-state index contributed by atoms with van der Waals surface area (Å²) < 4.78 is 10.8. The molecular weight excluding hydrogens is 706 g/mol. The first-order chi connectivity index (χ1) is 26.0. The third kappa shape index (κ3) is 18.5. The number of aliphatic hydroxyl groups is 2. The highest BCUT2D eigenvalue weighted by Crippen LogP contribution is 2.18. The van der Waals surface area contributed by atoms with Gasteiger partial charge in [0.1, 0.15) is 23.4 Å². The minimum atomic E-state index is -1.21. The first kappa shape index (κ1) is 46.5. The van der Waals surface area contributed by atoms with Gasteiger partial charge in [-0.05, 0) is 69.2 Å². The van der Waals surface area contributed by atoms with E-state index in [1.54, 1.807) is 52.1 Å². The Labute approximate surface area is 326 Å². The topological polar surface area (TPSA) is 196 Å². The Bertz CT molecular complexity index is 1480. The van der Waals surface area contributed by atoms with Crippen LogP contribution in [0.2, 0.25) is 0 Å². The molecule has 55 heavy (non-hydrogen) atoms. The van der Waals surface area contributed by atoms with Gasteiger partial charge < -0.3 is 45.9 Å². The van der Waals surface area contributed by atoms with Crippen LogP contribution in [0.25, 0.3) is 0 Å². The Morgan fingerprint density at radius 2 is 1.45 bits per heavy atom. The van der Waals surface area contributed by atoms with E-state index in [0.717, 1.165) is 11.1 Å². The molecule has 2 aromatic carbocycles. The molecule has 0 heterocycles. The van der Waals surface area contributed by atoms with Gasteiger partial charge >= 0.3 is 6.09 Å². The van der Waals surface area contributed by atoms with Gasteiger partial charge in [-0.1, -0.05) is 62.7 Å².